The molecule has 0 fully saturated rings. The third-order valence-corrected chi connectivity index (χ3v) is 3.74. The SMILES string of the molecule is CCN(Cc1cccs1)c1ccc(CCN)cn1. The Morgan fingerprint density at radius 1 is 1.33 bits per heavy atom. The average Bonchev–Trinajstić information content (AvgIpc) is 2.90. The van der Waals surface area contributed by atoms with E-state index < -0.39 is 0 Å². The van der Waals surface area contributed by atoms with Crippen LogP contribution in [0.1, 0.15) is 17.4 Å². The molecule has 2 N–H and O–H groups in total. The number of nitrogens with zero attached hydrogens (tertiary/aromatic N) is 2. The standard InChI is InChI=1S/C14H19N3S/c1-2-17(11-13-4-3-9-18-13)14-6-5-12(7-8-15)10-16-14/h3-6,9-10H,2,7-8,11,15H2,1H3. The number of thiophene rings is 1. The lowest BCUT2D eigenvalue weighted by Crippen LogP contribution is -2.22. The molecule has 0 radical (unpaired) electrons. The zero-order chi connectivity index (χ0) is 12.8. The molecule has 0 amide bonds. The minimum atomic E-state index is 0.674. The molecule has 0 aliphatic rings. The third kappa shape index (κ3) is 3.31. The van der Waals surface area contributed by atoms with Gasteiger partial charge in [0.05, 0.1) is 6.54 Å². The highest BCUT2D eigenvalue weighted by Crippen LogP contribution is 2.17. The number of rotatable bonds is 6. The van der Waals surface area contributed by atoms with Gasteiger partial charge in [0.2, 0.25) is 0 Å². The molecule has 2 aromatic heterocycles. The van der Waals surface area contributed by atoms with Gasteiger partial charge in [-0.1, -0.05) is 12.1 Å². The quantitative estimate of drug-likeness (QED) is 0.869. The number of nitrogens with two attached hydrogens (primary N) is 1. The van der Waals surface area contributed by atoms with Crippen molar-refractivity contribution >= 4 is 17.2 Å². The monoisotopic (exact) mass is 261 g/mol. The van der Waals surface area contributed by atoms with E-state index in [1.165, 1.54) is 10.4 Å². The van der Waals surface area contributed by atoms with Crippen molar-refractivity contribution in [2.45, 2.75) is 19.9 Å². The molecular formula is C14H19N3S. The Morgan fingerprint density at radius 3 is 2.78 bits per heavy atom. The van der Waals surface area contributed by atoms with E-state index in [9.17, 15) is 0 Å². The zero-order valence-electron chi connectivity index (χ0n) is 10.7. The summed E-state index contributed by atoms with van der Waals surface area (Å²) >= 11 is 1.79. The molecule has 0 bridgehead atoms. The molecule has 0 atom stereocenters. The highest BCUT2D eigenvalue weighted by molar-refractivity contribution is 7.09. The molecule has 2 heterocycles. The van der Waals surface area contributed by atoms with Crippen LogP contribution in [0.2, 0.25) is 0 Å². The second-order valence-corrected chi connectivity index (χ2v) is 5.19. The van der Waals surface area contributed by atoms with Crippen molar-refractivity contribution in [3.63, 3.8) is 0 Å². The number of pyridine rings is 1. The molecule has 3 nitrogen and oxygen atoms in total. The van der Waals surface area contributed by atoms with Crippen molar-refractivity contribution in [2.75, 3.05) is 18.0 Å². The Hall–Kier alpha value is -1.39. The summed E-state index contributed by atoms with van der Waals surface area (Å²) < 4.78 is 0. The number of hydrogen-bond donors (Lipinski definition) is 1. The fraction of sp³-hybridized carbons (Fsp3) is 0.357. The maximum atomic E-state index is 5.54. The first-order chi connectivity index (χ1) is 8.83. The van der Waals surface area contributed by atoms with Crippen LogP contribution in [0.5, 0.6) is 0 Å². The minimum Gasteiger partial charge on any atom is -0.352 e. The van der Waals surface area contributed by atoms with Gasteiger partial charge in [-0.05, 0) is 43.0 Å². The molecule has 2 rings (SSSR count). The highest BCUT2D eigenvalue weighted by Gasteiger charge is 2.07. The van der Waals surface area contributed by atoms with E-state index in [1.807, 2.05) is 6.20 Å². The lowest BCUT2D eigenvalue weighted by molar-refractivity contribution is 0.820. The van der Waals surface area contributed by atoms with Gasteiger partial charge in [0, 0.05) is 17.6 Å². The van der Waals surface area contributed by atoms with Gasteiger partial charge < -0.3 is 10.6 Å². The van der Waals surface area contributed by atoms with Gasteiger partial charge in [0.1, 0.15) is 5.82 Å². The first kappa shape index (κ1) is 13.1. The summed E-state index contributed by atoms with van der Waals surface area (Å²) in [5.41, 5.74) is 6.74. The zero-order valence-corrected chi connectivity index (χ0v) is 11.5. The lowest BCUT2D eigenvalue weighted by Gasteiger charge is -2.21. The molecule has 0 aliphatic heterocycles. The highest BCUT2D eigenvalue weighted by atomic mass is 32.1. The molecule has 96 valence electrons. The fourth-order valence-corrected chi connectivity index (χ4v) is 2.58. The molecule has 0 spiro atoms. The summed E-state index contributed by atoms with van der Waals surface area (Å²) in [5.74, 6) is 1.03. The van der Waals surface area contributed by atoms with Crippen LogP contribution in [0.3, 0.4) is 0 Å². The van der Waals surface area contributed by atoms with Crippen LogP contribution < -0.4 is 10.6 Å². The molecule has 4 heteroatoms. The van der Waals surface area contributed by atoms with Gasteiger partial charge in [-0.2, -0.15) is 0 Å². The average molecular weight is 261 g/mol. The van der Waals surface area contributed by atoms with E-state index >= 15 is 0 Å². The van der Waals surface area contributed by atoms with Crippen molar-refractivity contribution in [2.24, 2.45) is 5.73 Å². The van der Waals surface area contributed by atoms with Crippen LogP contribution in [-0.4, -0.2) is 18.1 Å². The minimum absolute atomic E-state index is 0.674. The van der Waals surface area contributed by atoms with Gasteiger partial charge in [0.25, 0.3) is 0 Å². The Balaban J connectivity index is 2.07. The maximum Gasteiger partial charge on any atom is 0.128 e. The predicted octanol–water partition coefficient (Wildman–Crippen LogP) is 2.67. The van der Waals surface area contributed by atoms with Crippen LogP contribution in [0.4, 0.5) is 5.82 Å². The van der Waals surface area contributed by atoms with Crippen LogP contribution in [0, 0.1) is 0 Å². The molecule has 0 saturated carbocycles. The Morgan fingerprint density at radius 2 is 2.22 bits per heavy atom. The molecule has 0 unspecified atom stereocenters. The van der Waals surface area contributed by atoms with E-state index in [-0.39, 0.29) is 0 Å². The first-order valence-electron chi connectivity index (χ1n) is 6.25. The van der Waals surface area contributed by atoms with Crippen molar-refractivity contribution in [1.82, 2.24) is 4.98 Å². The molecule has 0 saturated heterocycles. The summed E-state index contributed by atoms with van der Waals surface area (Å²) in [6, 6.07) is 8.45. The van der Waals surface area contributed by atoms with E-state index in [2.05, 4.69) is 46.5 Å². The summed E-state index contributed by atoms with van der Waals surface area (Å²) in [7, 11) is 0. The molecule has 0 aliphatic carbocycles. The topological polar surface area (TPSA) is 42.1 Å². The van der Waals surface area contributed by atoms with Gasteiger partial charge >= 0.3 is 0 Å². The first-order valence-corrected chi connectivity index (χ1v) is 7.13. The van der Waals surface area contributed by atoms with Gasteiger partial charge in [-0.15, -0.1) is 11.3 Å². The number of hydrogen-bond acceptors (Lipinski definition) is 4. The predicted molar refractivity (Wildman–Crippen MR) is 78.0 cm³/mol. The molecular weight excluding hydrogens is 242 g/mol. The summed E-state index contributed by atoms with van der Waals surface area (Å²) in [6.07, 6.45) is 2.82. The number of aromatic nitrogens is 1. The van der Waals surface area contributed by atoms with E-state index in [0.29, 0.717) is 6.54 Å². The van der Waals surface area contributed by atoms with Gasteiger partial charge in [0.15, 0.2) is 0 Å². The molecule has 2 aromatic rings. The van der Waals surface area contributed by atoms with Crippen LogP contribution in [-0.2, 0) is 13.0 Å². The van der Waals surface area contributed by atoms with Crippen LogP contribution in [0.25, 0.3) is 0 Å². The van der Waals surface area contributed by atoms with Crippen molar-refractivity contribution < 1.29 is 0 Å². The van der Waals surface area contributed by atoms with E-state index in [0.717, 1.165) is 25.3 Å². The Kier molecular flexibility index (Phi) is 4.73. The van der Waals surface area contributed by atoms with Gasteiger partial charge in [-0.25, -0.2) is 4.98 Å². The lowest BCUT2D eigenvalue weighted by atomic mass is 10.2. The smallest absolute Gasteiger partial charge is 0.128 e. The fourth-order valence-electron chi connectivity index (χ4n) is 1.86. The second-order valence-electron chi connectivity index (χ2n) is 4.16. The van der Waals surface area contributed by atoms with Gasteiger partial charge in [-0.3, -0.25) is 0 Å². The number of anilines is 1. The van der Waals surface area contributed by atoms with E-state index in [4.69, 9.17) is 5.73 Å². The van der Waals surface area contributed by atoms with Crippen molar-refractivity contribution in [3.8, 4) is 0 Å². The van der Waals surface area contributed by atoms with Crippen LogP contribution in [0.15, 0.2) is 35.8 Å². The normalized spacial score (nSPS) is 10.6. The molecule has 18 heavy (non-hydrogen) atoms. The molecule has 0 aromatic carbocycles. The second kappa shape index (κ2) is 6.52. The maximum absolute atomic E-state index is 5.54. The summed E-state index contributed by atoms with van der Waals surface area (Å²) in [5, 5.41) is 2.11. The van der Waals surface area contributed by atoms with Crippen molar-refractivity contribution in [3.05, 3.63) is 46.3 Å². The van der Waals surface area contributed by atoms with E-state index in [1.54, 1.807) is 11.3 Å². The summed E-state index contributed by atoms with van der Waals surface area (Å²) in [6.45, 7) is 4.72. The summed E-state index contributed by atoms with van der Waals surface area (Å²) in [4.78, 5) is 8.17. The van der Waals surface area contributed by atoms with Crippen LogP contribution >= 0.6 is 11.3 Å². The largest absolute Gasteiger partial charge is 0.352 e. The Bertz CT molecular complexity index is 450. The Labute approximate surface area is 112 Å². The van der Waals surface area contributed by atoms with Crippen molar-refractivity contribution in [1.29, 1.82) is 0 Å². The third-order valence-electron chi connectivity index (χ3n) is 2.87.